The van der Waals surface area contributed by atoms with Crippen molar-refractivity contribution in [3.63, 3.8) is 0 Å². The maximum atomic E-state index is 9.64. The topological polar surface area (TPSA) is 176 Å². The van der Waals surface area contributed by atoms with Crippen LogP contribution in [0.1, 0.15) is 12.8 Å². The van der Waals surface area contributed by atoms with Crippen molar-refractivity contribution < 1.29 is 25.3 Å². The fraction of sp³-hybridized carbons (Fsp3) is 0.500. The molecule has 7 heteroatoms. The Labute approximate surface area is 63.5 Å². The van der Waals surface area contributed by atoms with Crippen LogP contribution in [0.15, 0.2) is 0 Å². The van der Waals surface area contributed by atoms with Gasteiger partial charge in [-0.3, -0.25) is 9.59 Å². The predicted octanol–water partition coefficient (Wildman–Crippen LogP) is -0.565. The van der Waals surface area contributed by atoms with Crippen LogP contribution in [0.4, 0.5) is 0 Å². The molecule has 0 aliphatic heterocycles. The van der Waals surface area contributed by atoms with Crippen LogP contribution < -0.4 is 12.3 Å². The van der Waals surface area contributed by atoms with Gasteiger partial charge in [0.25, 0.3) is 0 Å². The second-order valence-corrected chi connectivity index (χ2v) is 1.29. The summed E-state index contributed by atoms with van der Waals surface area (Å²) in [4.78, 5) is 19.3. The molecule has 0 aromatic heterocycles. The monoisotopic (exact) mass is 170 g/mol. The van der Waals surface area contributed by atoms with Crippen LogP contribution in [0.5, 0.6) is 0 Å². The van der Waals surface area contributed by atoms with Crippen LogP contribution in [0.25, 0.3) is 0 Å². The molecule has 10 N–H and O–H groups in total. The molecule has 0 aromatic rings. The largest absolute Gasteiger partial charge is 0.481 e. The maximum absolute atomic E-state index is 9.64. The highest BCUT2D eigenvalue weighted by atomic mass is 16.4. The van der Waals surface area contributed by atoms with Crippen molar-refractivity contribution in [3.8, 4) is 0 Å². The Kier molecular flexibility index (Phi) is 23.8. The van der Waals surface area contributed by atoms with Gasteiger partial charge in [0.15, 0.2) is 0 Å². The minimum atomic E-state index is -1.08. The number of hydrogen-bond donors (Lipinski definition) is 4. The first-order valence-corrected chi connectivity index (χ1v) is 2.06. The standard InChI is InChI=1S/C4H6O4.2H3N.H2O/c5-3(6)1-2-4(7)8;;;/h1-2H2,(H,5,6)(H,7,8);2*1H3;1H2. The molecule has 0 spiro atoms. The summed E-state index contributed by atoms with van der Waals surface area (Å²) in [5.41, 5.74) is 0. The van der Waals surface area contributed by atoms with E-state index < -0.39 is 11.9 Å². The van der Waals surface area contributed by atoms with E-state index in [0.717, 1.165) is 0 Å². The van der Waals surface area contributed by atoms with Crippen molar-refractivity contribution in [2.45, 2.75) is 12.8 Å². The number of aliphatic carboxylic acids is 2. The third-order valence-corrected chi connectivity index (χ3v) is 0.553. The number of hydrogen-bond acceptors (Lipinski definition) is 4. The molecule has 11 heavy (non-hydrogen) atoms. The molecule has 0 heterocycles. The Bertz CT molecular complexity index is 101. The molecule has 0 atom stereocenters. The molecule has 0 fully saturated rings. The lowest BCUT2D eigenvalue weighted by molar-refractivity contribution is -0.143. The summed E-state index contributed by atoms with van der Waals surface area (Å²) in [7, 11) is 0. The van der Waals surface area contributed by atoms with Crippen molar-refractivity contribution in [1.29, 1.82) is 0 Å². The van der Waals surface area contributed by atoms with E-state index in [1.54, 1.807) is 0 Å². The molecular formula is C4H14N2O5. The highest BCUT2D eigenvalue weighted by Gasteiger charge is 2.00. The number of rotatable bonds is 3. The molecule has 7 nitrogen and oxygen atoms in total. The molecule has 0 amide bonds. The Morgan fingerprint density at radius 3 is 1.18 bits per heavy atom. The third kappa shape index (κ3) is 28.1. The van der Waals surface area contributed by atoms with Gasteiger partial charge >= 0.3 is 11.9 Å². The van der Waals surface area contributed by atoms with Gasteiger partial charge in [0.1, 0.15) is 0 Å². The summed E-state index contributed by atoms with van der Waals surface area (Å²) in [6.45, 7) is 0. The molecule has 0 aromatic carbocycles. The first kappa shape index (κ1) is 22.6. The van der Waals surface area contributed by atoms with Gasteiger partial charge in [0.05, 0.1) is 12.8 Å². The summed E-state index contributed by atoms with van der Waals surface area (Å²) in [5.74, 6) is -2.15. The fourth-order valence-corrected chi connectivity index (χ4v) is 0.214. The quantitative estimate of drug-likeness (QED) is 0.440. The highest BCUT2D eigenvalue weighted by Crippen LogP contribution is 1.85. The SMILES string of the molecule is N.N.O.O=C(O)CCC(=O)O. The smallest absolute Gasteiger partial charge is 0.303 e. The van der Waals surface area contributed by atoms with Gasteiger partial charge in [-0.2, -0.15) is 0 Å². The zero-order chi connectivity index (χ0) is 6.57. The lowest BCUT2D eigenvalue weighted by atomic mass is 10.3. The molecule has 0 unspecified atom stereocenters. The van der Waals surface area contributed by atoms with Crippen molar-refractivity contribution in [2.75, 3.05) is 0 Å². The summed E-state index contributed by atoms with van der Waals surface area (Å²) in [5, 5.41) is 15.8. The summed E-state index contributed by atoms with van der Waals surface area (Å²) < 4.78 is 0. The zero-order valence-corrected chi connectivity index (χ0v) is 6.04. The van der Waals surface area contributed by atoms with Crippen LogP contribution in [-0.2, 0) is 9.59 Å². The van der Waals surface area contributed by atoms with Crippen molar-refractivity contribution >= 4 is 11.9 Å². The second-order valence-electron chi connectivity index (χ2n) is 1.29. The van der Waals surface area contributed by atoms with Gasteiger partial charge in [-0.05, 0) is 0 Å². The Balaban J connectivity index is -0.0000000817. The van der Waals surface area contributed by atoms with Gasteiger partial charge in [0, 0.05) is 0 Å². The number of carbonyl (C=O) groups is 2. The predicted molar refractivity (Wildman–Crippen MR) is 38.2 cm³/mol. The van der Waals surface area contributed by atoms with E-state index in [1.165, 1.54) is 0 Å². The average Bonchev–Trinajstić information content (AvgIpc) is 1.61. The Hall–Kier alpha value is -1.18. The van der Waals surface area contributed by atoms with Crippen molar-refractivity contribution in [1.82, 2.24) is 12.3 Å². The van der Waals surface area contributed by atoms with Gasteiger partial charge in [-0.1, -0.05) is 0 Å². The first-order valence-electron chi connectivity index (χ1n) is 2.06. The van der Waals surface area contributed by atoms with Crippen LogP contribution in [0.3, 0.4) is 0 Å². The van der Waals surface area contributed by atoms with E-state index in [0.29, 0.717) is 0 Å². The van der Waals surface area contributed by atoms with E-state index in [2.05, 4.69) is 0 Å². The maximum Gasteiger partial charge on any atom is 0.303 e. The lowest BCUT2D eigenvalue weighted by Crippen LogP contribution is -2.00. The molecule has 0 saturated heterocycles. The van der Waals surface area contributed by atoms with Gasteiger partial charge in [0.2, 0.25) is 0 Å². The molecule has 70 valence electrons. The van der Waals surface area contributed by atoms with E-state index in [1.807, 2.05) is 0 Å². The van der Waals surface area contributed by atoms with Gasteiger partial charge in [-0.15, -0.1) is 0 Å². The molecule has 0 radical (unpaired) electrons. The Morgan fingerprint density at radius 1 is 0.909 bits per heavy atom. The third-order valence-electron chi connectivity index (χ3n) is 0.553. The van der Waals surface area contributed by atoms with Gasteiger partial charge in [-0.25, -0.2) is 0 Å². The first-order chi connectivity index (χ1) is 3.63. The molecule has 0 saturated carbocycles. The lowest BCUT2D eigenvalue weighted by Gasteiger charge is -1.85. The minimum absolute atomic E-state index is 0. The summed E-state index contributed by atoms with van der Waals surface area (Å²) in [6.07, 6.45) is -0.593. The zero-order valence-electron chi connectivity index (χ0n) is 6.04. The van der Waals surface area contributed by atoms with Crippen LogP contribution >= 0.6 is 0 Å². The normalized spacial score (nSPS) is 6.18. The van der Waals surface area contributed by atoms with Crippen LogP contribution in [0, 0.1) is 0 Å². The van der Waals surface area contributed by atoms with Gasteiger partial charge < -0.3 is 28.0 Å². The minimum Gasteiger partial charge on any atom is -0.481 e. The van der Waals surface area contributed by atoms with Crippen molar-refractivity contribution in [3.05, 3.63) is 0 Å². The van der Waals surface area contributed by atoms with Crippen LogP contribution in [-0.4, -0.2) is 27.6 Å². The molecule has 0 aliphatic rings. The average molecular weight is 170 g/mol. The fourth-order valence-electron chi connectivity index (χ4n) is 0.214. The van der Waals surface area contributed by atoms with E-state index in [4.69, 9.17) is 10.2 Å². The number of carboxylic acid groups (broad SMARTS) is 2. The Morgan fingerprint density at radius 2 is 1.09 bits per heavy atom. The van der Waals surface area contributed by atoms with E-state index in [-0.39, 0.29) is 30.6 Å². The van der Waals surface area contributed by atoms with Crippen LogP contribution in [0.2, 0.25) is 0 Å². The molecule has 0 rings (SSSR count). The molecule has 0 bridgehead atoms. The van der Waals surface area contributed by atoms with E-state index in [9.17, 15) is 9.59 Å². The highest BCUT2D eigenvalue weighted by molar-refractivity contribution is 5.75. The number of carboxylic acids is 2. The molecule has 0 aliphatic carbocycles. The molecular weight excluding hydrogens is 156 g/mol. The summed E-state index contributed by atoms with van der Waals surface area (Å²) >= 11 is 0. The van der Waals surface area contributed by atoms with E-state index >= 15 is 0 Å². The summed E-state index contributed by atoms with van der Waals surface area (Å²) in [6, 6.07) is 0. The second kappa shape index (κ2) is 11.6. The van der Waals surface area contributed by atoms with Crippen molar-refractivity contribution in [2.24, 2.45) is 0 Å².